The van der Waals surface area contributed by atoms with Crippen molar-refractivity contribution in [3.05, 3.63) is 60.4 Å². The molecule has 0 unspecified atom stereocenters. The second kappa shape index (κ2) is 7.58. The molecule has 23 heavy (non-hydrogen) atoms. The standard InChI is InChI=1S/C19H20N2O2/c22-19(12-11-15-6-3-4-13-20-15)21-16-7-5-10-18(14-16)23-17-8-1-2-9-17/h3-7,10-14,17H,1-2,8-9H2,(H,21,22)/b12-11+. The molecule has 4 heteroatoms. The SMILES string of the molecule is O=C(/C=C/c1ccccn1)Nc1cccc(OC2CCCC2)c1. The molecule has 0 spiro atoms. The van der Waals surface area contributed by atoms with Crippen LogP contribution < -0.4 is 10.1 Å². The molecule has 1 saturated carbocycles. The quantitative estimate of drug-likeness (QED) is 0.848. The van der Waals surface area contributed by atoms with E-state index in [4.69, 9.17) is 4.74 Å². The number of hydrogen-bond acceptors (Lipinski definition) is 3. The number of anilines is 1. The maximum absolute atomic E-state index is 12.0. The molecule has 0 atom stereocenters. The highest BCUT2D eigenvalue weighted by atomic mass is 16.5. The van der Waals surface area contributed by atoms with Gasteiger partial charge in [-0.15, -0.1) is 0 Å². The van der Waals surface area contributed by atoms with Gasteiger partial charge in [0.15, 0.2) is 0 Å². The second-order valence-electron chi connectivity index (χ2n) is 5.63. The minimum absolute atomic E-state index is 0.186. The molecule has 1 amide bonds. The van der Waals surface area contributed by atoms with Gasteiger partial charge in [0.05, 0.1) is 11.8 Å². The summed E-state index contributed by atoms with van der Waals surface area (Å²) in [6.07, 6.45) is 9.87. The largest absolute Gasteiger partial charge is 0.490 e. The molecule has 1 aliphatic carbocycles. The number of carbonyl (C=O) groups is 1. The van der Waals surface area contributed by atoms with Crippen molar-refractivity contribution < 1.29 is 9.53 Å². The van der Waals surface area contributed by atoms with Crippen LogP contribution >= 0.6 is 0 Å². The first kappa shape index (κ1) is 15.3. The van der Waals surface area contributed by atoms with Crippen molar-refractivity contribution in [1.29, 1.82) is 0 Å². The van der Waals surface area contributed by atoms with Crippen LogP contribution in [0.5, 0.6) is 5.75 Å². The number of aromatic nitrogens is 1. The molecule has 0 bridgehead atoms. The highest BCUT2D eigenvalue weighted by Crippen LogP contribution is 2.25. The van der Waals surface area contributed by atoms with Gasteiger partial charge in [-0.05, 0) is 56.0 Å². The van der Waals surface area contributed by atoms with Crippen LogP contribution in [0.25, 0.3) is 6.08 Å². The summed E-state index contributed by atoms with van der Waals surface area (Å²) in [5, 5.41) is 2.84. The van der Waals surface area contributed by atoms with Gasteiger partial charge in [0, 0.05) is 24.0 Å². The summed E-state index contributed by atoms with van der Waals surface area (Å²) >= 11 is 0. The minimum Gasteiger partial charge on any atom is -0.490 e. The third-order valence-electron chi connectivity index (χ3n) is 3.80. The zero-order valence-corrected chi connectivity index (χ0v) is 12.9. The van der Waals surface area contributed by atoms with E-state index in [9.17, 15) is 4.79 Å². The Morgan fingerprint density at radius 3 is 2.83 bits per heavy atom. The molecule has 3 rings (SSSR count). The highest BCUT2D eigenvalue weighted by Gasteiger charge is 2.16. The summed E-state index contributed by atoms with van der Waals surface area (Å²) in [5.41, 5.74) is 1.48. The Hall–Kier alpha value is -2.62. The predicted octanol–water partition coefficient (Wildman–Crippen LogP) is 4.05. The monoisotopic (exact) mass is 308 g/mol. The lowest BCUT2D eigenvalue weighted by atomic mass is 10.2. The summed E-state index contributed by atoms with van der Waals surface area (Å²) in [5.74, 6) is 0.622. The molecule has 1 aromatic carbocycles. The van der Waals surface area contributed by atoms with E-state index in [1.54, 1.807) is 12.3 Å². The average Bonchev–Trinajstić information content (AvgIpc) is 3.07. The summed E-state index contributed by atoms with van der Waals surface area (Å²) in [6, 6.07) is 13.1. The van der Waals surface area contributed by atoms with Crippen LogP contribution in [0.3, 0.4) is 0 Å². The topological polar surface area (TPSA) is 51.2 Å². The van der Waals surface area contributed by atoms with Gasteiger partial charge in [-0.2, -0.15) is 0 Å². The van der Waals surface area contributed by atoms with Crippen molar-refractivity contribution in [2.45, 2.75) is 31.8 Å². The summed E-state index contributed by atoms with van der Waals surface area (Å²) in [7, 11) is 0. The Morgan fingerprint density at radius 1 is 1.17 bits per heavy atom. The van der Waals surface area contributed by atoms with Gasteiger partial charge >= 0.3 is 0 Å². The van der Waals surface area contributed by atoms with Gasteiger partial charge in [-0.3, -0.25) is 9.78 Å². The molecule has 2 aromatic rings. The smallest absolute Gasteiger partial charge is 0.248 e. The second-order valence-corrected chi connectivity index (χ2v) is 5.63. The molecular weight excluding hydrogens is 288 g/mol. The summed E-state index contributed by atoms with van der Waals surface area (Å²) in [4.78, 5) is 16.1. The molecule has 1 aromatic heterocycles. The van der Waals surface area contributed by atoms with E-state index < -0.39 is 0 Å². The predicted molar refractivity (Wildman–Crippen MR) is 91.2 cm³/mol. The lowest BCUT2D eigenvalue weighted by Gasteiger charge is -2.13. The number of pyridine rings is 1. The Morgan fingerprint density at radius 2 is 2.04 bits per heavy atom. The summed E-state index contributed by atoms with van der Waals surface area (Å²) < 4.78 is 5.95. The van der Waals surface area contributed by atoms with E-state index in [0.717, 1.165) is 30.0 Å². The lowest BCUT2D eigenvalue weighted by Crippen LogP contribution is -2.11. The van der Waals surface area contributed by atoms with Crippen molar-refractivity contribution in [1.82, 2.24) is 4.98 Å². The fourth-order valence-corrected chi connectivity index (χ4v) is 2.67. The Kier molecular flexibility index (Phi) is 5.04. The molecule has 1 aliphatic rings. The van der Waals surface area contributed by atoms with Gasteiger partial charge in [-0.25, -0.2) is 0 Å². The van der Waals surface area contributed by atoms with Gasteiger partial charge in [0.25, 0.3) is 0 Å². The van der Waals surface area contributed by atoms with Crippen LogP contribution in [0.4, 0.5) is 5.69 Å². The molecule has 0 saturated heterocycles. The molecule has 4 nitrogen and oxygen atoms in total. The number of ether oxygens (including phenoxy) is 1. The molecule has 1 N–H and O–H groups in total. The van der Waals surface area contributed by atoms with Crippen molar-refractivity contribution in [3.63, 3.8) is 0 Å². The van der Waals surface area contributed by atoms with Crippen molar-refractivity contribution in [2.75, 3.05) is 5.32 Å². The molecule has 1 fully saturated rings. The number of amides is 1. The first-order valence-electron chi connectivity index (χ1n) is 7.96. The molecule has 118 valence electrons. The van der Waals surface area contributed by atoms with Crippen LogP contribution in [-0.4, -0.2) is 17.0 Å². The highest BCUT2D eigenvalue weighted by molar-refractivity contribution is 6.01. The first-order chi connectivity index (χ1) is 11.3. The Balaban J connectivity index is 1.58. The molecule has 1 heterocycles. The maximum atomic E-state index is 12.0. The van der Waals surface area contributed by atoms with Gasteiger partial charge < -0.3 is 10.1 Å². The molecule has 0 radical (unpaired) electrons. The van der Waals surface area contributed by atoms with E-state index in [-0.39, 0.29) is 5.91 Å². The fraction of sp³-hybridized carbons (Fsp3) is 0.263. The third-order valence-corrected chi connectivity index (χ3v) is 3.80. The fourth-order valence-electron chi connectivity index (χ4n) is 2.67. The zero-order chi connectivity index (χ0) is 15.9. The molecule has 0 aliphatic heterocycles. The number of rotatable bonds is 5. The van der Waals surface area contributed by atoms with Crippen molar-refractivity contribution >= 4 is 17.7 Å². The van der Waals surface area contributed by atoms with Crippen LogP contribution in [0, 0.1) is 0 Å². The number of hydrogen-bond donors (Lipinski definition) is 1. The van der Waals surface area contributed by atoms with Gasteiger partial charge in [-0.1, -0.05) is 12.1 Å². The zero-order valence-electron chi connectivity index (χ0n) is 12.9. The maximum Gasteiger partial charge on any atom is 0.248 e. The third kappa shape index (κ3) is 4.68. The van der Waals surface area contributed by atoms with E-state index >= 15 is 0 Å². The van der Waals surface area contributed by atoms with E-state index in [2.05, 4.69) is 10.3 Å². The number of carbonyl (C=O) groups excluding carboxylic acids is 1. The van der Waals surface area contributed by atoms with E-state index in [1.165, 1.54) is 18.9 Å². The lowest BCUT2D eigenvalue weighted by molar-refractivity contribution is -0.111. The normalized spacial score (nSPS) is 15.0. The Bertz CT molecular complexity index is 677. The molecular formula is C19H20N2O2. The number of benzene rings is 1. The summed E-state index contributed by atoms with van der Waals surface area (Å²) in [6.45, 7) is 0. The number of nitrogens with one attached hydrogen (secondary N) is 1. The van der Waals surface area contributed by atoms with Crippen LogP contribution in [0.15, 0.2) is 54.7 Å². The Labute approximate surface area is 136 Å². The van der Waals surface area contributed by atoms with Crippen LogP contribution in [-0.2, 0) is 4.79 Å². The van der Waals surface area contributed by atoms with Crippen LogP contribution in [0.1, 0.15) is 31.4 Å². The van der Waals surface area contributed by atoms with Crippen molar-refractivity contribution in [3.8, 4) is 5.75 Å². The van der Waals surface area contributed by atoms with E-state index in [1.807, 2.05) is 42.5 Å². The van der Waals surface area contributed by atoms with Gasteiger partial charge in [0.1, 0.15) is 5.75 Å². The van der Waals surface area contributed by atoms with Crippen LogP contribution in [0.2, 0.25) is 0 Å². The first-order valence-corrected chi connectivity index (χ1v) is 7.96. The average molecular weight is 308 g/mol. The van der Waals surface area contributed by atoms with Gasteiger partial charge in [0.2, 0.25) is 5.91 Å². The minimum atomic E-state index is -0.186. The van der Waals surface area contributed by atoms with Crippen molar-refractivity contribution in [2.24, 2.45) is 0 Å². The van der Waals surface area contributed by atoms with E-state index in [0.29, 0.717) is 6.10 Å². The number of nitrogens with zero attached hydrogens (tertiary/aromatic N) is 1.